The minimum Gasteiger partial charge on any atom is -0.493 e. The first kappa shape index (κ1) is 26.0. The second-order valence-electron chi connectivity index (χ2n) is 8.37. The molecule has 3 rings (SSSR count). The summed E-state index contributed by atoms with van der Waals surface area (Å²) in [6.07, 6.45) is 11.0. The van der Waals surface area contributed by atoms with Gasteiger partial charge in [-0.15, -0.1) is 0 Å². The van der Waals surface area contributed by atoms with E-state index in [2.05, 4.69) is 18.0 Å². The summed E-state index contributed by atoms with van der Waals surface area (Å²) in [4.78, 5) is 31.7. The van der Waals surface area contributed by atoms with Crippen molar-refractivity contribution in [1.82, 2.24) is 9.88 Å². The maximum Gasteiger partial charge on any atom is 0.333 e. The number of methoxy groups -OCH3 is 1. The van der Waals surface area contributed by atoms with E-state index in [1.807, 2.05) is 45.0 Å². The highest BCUT2D eigenvalue weighted by Gasteiger charge is 2.36. The Morgan fingerprint density at radius 1 is 1.29 bits per heavy atom. The average Bonchev–Trinajstić information content (AvgIpc) is 3.23. The van der Waals surface area contributed by atoms with E-state index in [1.165, 1.54) is 13.2 Å². The Morgan fingerprint density at radius 3 is 2.80 bits per heavy atom. The Bertz CT molecular complexity index is 1140. The number of carbonyl (C=O) groups is 2. The van der Waals surface area contributed by atoms with Crippen LogP contribution in [0.3, 0.4) is 0 Å². The first-order valence-electron chi connectivity index (χ1n) is 12.0. The summed E-state index contributed by atoms with van der Waals surface area (Å²) in [6, 6.07) is 4.87. The fraction of sp³-hybridized carbons (Fsp3) is 0.393. The molecule has 0 bridgehead atoms. The second-order valence-corrected chi connectivity index (χ2v) is 8.37. The van der Waals surface area contributed by atoms with E-state index in [9.17, 15) is 9.59 Å². The quantitative estimate of drug-likeness (QED) is 0.282. The van der Waals surface area contributed by atoms with E-state index < -0.39 is 12.0 Å². The highest BCUT2D eigenvalue weighted by molar-refractivity contribution is 5.92. The van der Waals surface area contributed by atoms with Gasteiger partial charge in [0, 0.05) is 24.6 Å². The van der Waals surface area contributed by atoms with Gasteiger partial charge in [0.15, 0.2) is 6.04 Å². The van der Waals surface area contributed by atoms with Crippen LogP contribution in [0.4, 0.5) is 0 Å². The van der Waals surface area contributed by atoms with Crippen molar-refractivity contribution in [3.8, 4) is 5.75 Å². The van der Waals surface area contributed by atoms with Crippen LogP contribution in [-0.2, 0) is 27.2 Å². The number of allylic oxidation sites excluding steroid dienone is 5. The number of hydrogen-bond acceptors (Lipinski definition) is 6. The number of benzene rings is 1. The number of aromatic nitrogens is 1. The molecule has 186 valence electrons. The predicted octanol–water partition coefficient (Wildman–Crippen LogP) is 5.15. The molecule has 0 saturated heterocycles. The normalized spacial score (nSPS) is 16.1. The molecular weight excluding hydrogens is 444 g/mol. The standard InChI is InChI=1S/C28H34N2O5/c1-6-8-9-11-25(31)30-16-14-21-12-13-22(18-23(21)26(30)28(32)33-5)34-17-15-24-20(4)35-27(29-24)19(3)10-7-2/h6,8-13,18,26H,7,14-17H2,1-5H3/b8-6?,11-9?,19-10+. The molecule has 0 spiro atoms. The minimum absolute atomic E-state index is 0.236. The summed E-state index contributed by atoms with van der Waals surface area (Å²) in [5, 5.41) is 0. The van der Waals surface area contributed by atoms with E-state index in [1.54, 1.807) is 17.1 Å². The van der Waals surface area contributed by atoms with Crippen LogP contribution < -0.4 is 4.74 Å². The van der Waals surface area contributed by atoms with E-state index in [-0.39, 0.29) is 5.91 Å². The van der Waals surface area contributed by atoms with Crippen molar-refractivity contribution in [3.63, 3.8) is 0 Å². The summed E-state index contributed by atoms with van der Waals surface area (Å²) >= 11 is 0. The summed E-state index contributed by atoms with van der Waals surface area (Å²) in [7, 11) is 1.33. The third kappa shape index (κ3) is 6.29. The molecule has 1 aromatic carbocycles. The average molecular weight is 479 g/mol. The molecule has 7 nitrogen and oxygen atoms in total. The lowest BCUT2D eigenvalue weighted by molar-refractivity contribution is -0.152. The number of fused-ring (bicyclic) bond motifs is 1. The number of amides is 1. The molecule has 35 heavy (non-hydrogen) atoms. The Hall–Kier alpha value is -3.61. The number of rotatable bonds is 9. The van der Waals surface area contributed by atoms with E-state index >= 15 is 0 Å². The fourth-order valence-electron chi connectivity index (χ4n) is 4.12. The van der Waals surface area contributed by atoms with E-state index in [0.717, 1.165) is 34.6 Å². The lowest BCUT2D eigenvalue weighted by Crippen LogP contribution is -2.43. The van der Waals surface area contributed by atoms with Gasteiger partial charge < -0.3 is 18.8 Å². The van der Waals surface area contributed by atoms with Crippen LogP contribution in [0.2, 0.25) is 0 Å². The van der Waals surface area contributed by atoms with Crippen molar-refractivity contribution >= 4 is 17.4 Å². The smallest absolute Gasteiger partial charge is 0.333 e. The van der Waals surface area contributed by atoms with Crippen molar-refractivity contribution in [3.05, 3.63) is 77.1 Å². The minimum atomic E-state index is -0.816. The zero-order chi connectivity index (χ0) is 25.4. The number of hydrogen-bond donors (Lipinski definition) is 0. The number of oxazole rings is 1. The molecule has 1 unspecified atom stereocenters. The molecule has 1 aliphatic rings. The van der Waals surface area contributed by atoms with Gasteiger partial charge in [-0.25, -0.2) is 9.78 Å². The fourth-order valence-corrected chi connectivity index (χ4v) is 4.12. The number of aryl methyl sites for hydroxylation is 1. The third-order valence-electron chi connectivity index (χ3n) is 5.94. The first-order chi connectivity index (χ1) is 16.9. The summed E-state index contributed by atoms with van der Waals surface area (Å²) in [6.45, 7) is 8.68. The van der Waals surface area contributed by atoms with Crippen molar-refractivity contribution < 1.29 is 23.5 Å². The summed E-state index contributed by atoms with van der Waals surface area (Å²) < 4.78 is 16.9. The highest BCUT2D eigenvalue weighted by atomic mass is 16.5. The Kier molecular flexibility index (Phi) is 9.06. The molecule has 0 radical (unpaired) electrons. The van der Waals surface area contributed by atoms with Crippen LogP contribution in [-0.4, -0.2) is 42.0 Å². The van der Waals surface area contributed by atoms with Crippen LogP contribution in [0.25, 0.3) is 5.57 Å². The number of ether oxygens (including phenoxy) is 2. The van der Waals surface area contributed by atoms with Gasteiger partial charge in [0.25, 0.3) is 0 Å². The molecule has 0 saturated carbocycles. The van der Waals surface area contributed by atoms with Crippen LogP contribution in [0.5, 0.6) is 5.75 Å². The van der Waals surface area contributed by atoms with E-state index in [0.29, 0.717) is 37.6 Å². The molecule has 2 aromatic rings. The molecule has 1 amide bonds. The summed E-state index contributed by atoms with van der Waals surface area (Å²) in [5.74, 6) is 1.34. The molecule has 7 heteroatoms. The molecule has 0 fully saturated rings. The van der Waals surface area contributed by atoms with Crippen LogP contribution in [0.15, 0.2) is 53.0 Å². The van der Waals surface area contributed by atoms with Crippen molar-refractivity contribution in [2.45, 2.75) is 53.0 Å². The van der Waals surface area contributed by atoms with Gasteiger partial charge in [0.1, 0.15) is 11.5 Å². The number of carbonyl (C=O) groups excluding carboxylic acids is 2. The Balaban J connectivity index is 1.76. The SMILES string of the molecule is CC=CC=CC(=O)N1CCc2ccc(OCCc3nc(/C(C)=C/CC)oc3C)cc2C1C(=O)OC. The Labute approximate surface area is 207 Å². The molecule has 1 aliphatic heterocycles. The molecule has 0 aliphatic carbocycles. The van der Waals surface area contributed by atoms with Crippen LogP contribution >= 0.6 is 0 Å². The third-order valence-corrected chi connectivity index (χ3v) is 5.94. The predicted molar refractivity (Wildman–Crippen MR) is 135 cm³/mol. The largest absolute Gasteiger partial charge is 0.493 e. The molecule has 1 aromatic heterocycles. The Morgan fingerprint density at radius 2 is 2.09 bits per heavy atom. The lowest BCUT2D eigenvalue weighted by atomic mass is 9.92. The van der Waals surface area contributed by atoms with Gasteiger partial charge in [0.05, 0.1) is 19.4 Å². The van der Waals surface area contributed by atoms with E-state index in [4.69, 9.17) is 13.9 Å². The number of nitrogens with zero attached hydrogens (tertiary/aromatic N) is 2. The van der Waals surface area contributed by atoms with Gasteiger partial charge in [-0.1, -0.05) is 37.3 Å². The molecule has 0 N–H and O–H groups in total. The number of esters is 1. The zero-order valence-corrected chi connectivity index (χ0v) is 21.2. The lowest BCUT2D eigenvalue weighted by Gasteiger charge is -2.35. The van der Waals surface area contributed by atoms with Crippen molar-refractivity contribution in [1.29, 1.82) is 0 Å². The van der Waals surface area contributed by atoms with Crippen molar-refractivity contribution in [2.75, 3.05) is 20.3 Å². The van der Waals surface area contributed by atoms with Crippen LogP contribution in [0.1, 0.15) is 61.7 Å². The van der Waals surface area contributed by atoms with Gasteiger partial charge in [-0.3, -0.25) is 4.79 Å². The van der Waals surface area contributed by atoms with Crippen LogP contribution in [0, 0.1) is 6.92 Å². The maximum atomic E-state index is 12.8. The van der Waals surface area contributed by atoms with Gasteiger partial charge >= 0.3 is 5.97 Å². The molecule has 2 heterocycles. The topological polar surface area (TPSA) is 81.9 Å². The van der Waals surface area contributed by atoms with Gasteiger partial charge in [-0.05, 0) is 56.9 Å². The highest BCUT2D eigenvalue weighted by Crippen LogP contribution is 2.34. The molecule has 1 atom stereocenters. The van der Waals surface area contributed by atoms with Crippen molar-refractivity contribution in [2.24, 2.45) is 0 Å². The first-order valence-corrected chi connectivity index (χ1v) is 12.0. The van der Waals surface area contributed by atoms with Gasteiger partial charge in [-0.2, -0.15) is 0 Å². The zero-order valence-electron chi connectivity index (χ0n) is 21.2. The monoisotopic (exact) mass is 478 g/mol. The second kappa shape index (κ2) is 12.2. The summed E-state index contributed by atoms with van der Waals surface area (Å²) in [5.41, 5.74) is 3.61. The maximum absolute atomic E-state index is 12.8. The molecular formula is C28H34N2O5. The van der Waals surface area contributed by atoms with Gasteiger partial charge in [0.2, 0.25) is 11.8 Å².